The number of nitrogens with zero attached hydrogens (tertiary/aromatic N) is 2. The predicted octanol–water partition coefficient (Wildman–Crippen LogP) is 2.56. The number of hydrogen-bond acceptors (Lipinski definition) is 6. The quantitative estimate of drug-likeness (QED) is 0.866. The summed E-state index contributed by atoms with van der Waals surface area (Å²) in [6.07, 6.45) is 0.591. The van der Waals surface area contributed by atoms with Crippen molar-refractivity contribution < 1.29 is 8.42 Å². The van der Waals surface area contributed by atoms with E-state index in [1.54, 1.807) is 0 Å². The number of hydrogen-bond donors (Lipinski definition) is 2. The zero-order valence-corrected chi connectivity index (χ0v) is 14.7. The van der Waals surface area contributed by atoms with E-state index in [0.717, 1.165) is 17.1 Å². The van der Waals surface area contributed by atoms with E-state index in [2.05, 4.69) is 20.6 Å². The van der Waals surface area contributed by atoms with Gasteiger partial charge < -0.3 is 10.6 Å². The van der Waals surface area contributed by atoms with Crippen molar-refractivity contribution in [2.75, 3.05) is 22.1 Å². The summed E-state index contributed by atoms with van der Waals surface area (Å²) in [5.74, 6) is 1.54. The Morgan fingerprint density at radius 3 is 2.54 bits per heavy atom. The van der Waals surface area contributed by atoms with Crippen LogP contribution in [0.2, 0.25) is 0 Å². The Bertz CT molecular complexity index is 807. The highest BCUT2D eigenvalue weighted by atomic mass is 32.2. The molecule has 6 nitrogen and oxygen atoms in total. The van der Waals surface area contributed by atoms with E-state index in [9.17, 15) is 8.42 Å². The van der Waals surface area contributed by atoms with Crippen molar-refractivity contribution in [2.45, 2.75) is 32.4 Å². The fourth-order valence-corrected chi connectivity index (χ4v) is 4.40. The third-order valence-corrected chi connectivity index (χ3v) is 5.57. The number of nitrogens with one attached hydrogen (secondary N) is 2. The number of anilines is 2. The summed E-state index contributed by atoms with van der Waals surface area (Å²) in [5.41, 5.74) is 1.80. The van der Waals surface area contributed by atoms with E-state index < -0.39 is 9.84 Å². The van der Waals surface area contributed by atoms with Crippen molar-refractivity contribution in [3.63, 3.8) is 0 Å². The van der Waals surface area contributed by atoms with Gasteiger partial charge in [-0.3, -0.25) is 0 Å². The van der Waals surface area contributed by atoms with E-state index in [1.165, 1.54) is 0 Å². The summed E-state index contributed by atoms with van der Waals surface area (Å²) in [7, 11) is -2.94. The molecule has 2 N–H and O–H groups in total. The van der Waals surface area contributed by atoms with Crippen LogP contribution in [-0.2, 0) is 9.84 Å². The summed E-state index contributed by atoms with van der Waals surface area (Å²) in [5, 5.41) is 6.47. The maximum Gasteiger partial charge on any atom is 0.225 e. The Kier molecular flexibility index (Phi) is 4.71. The van der Waals surface area contributed by atoms with Gasteiger partial charge in [0.05, 0.1) is 17.2 Å². The highest BCUT2D eigenvalue weighted by Gasteiger charge is 2.28. The van der Waals surface area contributed by atoms with Gasteiger partial charge in [-0.25, -0.2) is 13.4 Å². The monoisotopic (exact) mass is 346 g/mol. The SMILES string of the molecule is CC(C)Nc1cc(-c2ccccc2)nc(NC2CCS(=O)(=O)C2)n1. The van der Waals surface area contributed by atoms with Crippen LogP contribution in [-0.4, -0.2) is 42.0 Å². The molecule has 0 saturated carbocycles. The molecule has 0 bridgehead atoms. The van der Waals surface area contributed by atoms with Gasteiger partial charge in [0.25, 0.3) is 0 Å². The zero-order chi connectivity index (χ0) is 17.2. The van der Waals surface area contributed by atoms with Crippen molar-refractivity contribution in [3.8, 4) is 11.3 Å². The topological polar surface area (TPSA) is 84.0 Å². The average Bonchev–Trinajstić information content (AvgIpc) is 2.86. The normalized spacial score (nSPS) is 19.4. The van der Waals surface area contributed by atoms with Gasteiger partial charge in [-0.15, -0.1) is 0 Å². The smallest absolute Gasteiger partial charge is 0.225 e. The molecule has 1 aliphatic heterocycles. The molecule has 1 aliphatic rings. The first kappa shape index (κ1) is 16.7. The van der Waals surface area contributed by atoms with Crippen LogP contribution < -0.4 is 10.6 Å². The Labute approximate surface area is 142 Å². The lowest BCUT2D eigenvalue weighted by atomic mass is 10.1. The lowest BCUT2D eigenvalue weighted by Gasteiger charge is -2.15. The summed E-state index contributed by atoms with van der Waals surface area (Å²) >= 11 is 0. The van der Waals surface area contributed by atoms with Gasteiger partial charge in [-0.05, 0) is 20.3 Å². The zero-order valence-electron chi connectivity index (χ0n) is 13.9. The van der Waals surface area contributed by atoms with Gasteiger partial charge in [0.2, 0.25) is 5.95 Å². The van der Waals surface area contributed by atoms with Crippen LogP contribution in [0.4, 0.5) is 11.8 Å². The number of benzene rings is 1. The lowest BCUT2D eigenvalue weighted by molar-refractivity contribution is 0.602. The minimum atomic E-state index is -2.94. The molecule has 7 heteroatoms. The molecular formula is C17H22N4O2S. The predicted molar refractivity (Wildman–Crippen MR) is 96.9 cm³/mol. The third kappa shape index (κ3) is 4.23. The number of sulfone groups is 1. The molecule has 0 aliphatic carbocycles. The Balaban J connectivity index is 1.90. The van der Waals surface area contributed by atoms with Gasteiger partial charge in [-0.2, -0.15) is 4.98 Å². The number of aromatic nitrogens is 2. The molecule has 1 unspecified atom stereocenters. The first-order valence-electron chi connectivity index (χ1n) is 8.09. The molecule has 0 spiro atoms. The summed E-state index contributed by atoms with van der Waals surface area (Å²) < 4.78 is 23.3. The molecule has 0 radical (unpaired) electrons. The van der Waals surface area contributed by atoms with E-state index in [1.807, 2.05) is 50.2 Å². The fraction of sp³-hybridized carbons (Fsp3) is 0.412. The summed E-state index contributed by atoms with van der Waals surface area (Å²) in [6, 6.07) is 11.9. The molecule has 2 heterocycles. The van der Waals surface area contributed by atoms with Crippen LogP contribution >= 0.6 is 0 Å². The first-order chi connectivity index (χ1) is 11.4. The van der Waals surface area contributed by atoms with Crippen molar-refractivity contribution >= 4 is 21.6 Å². The molecule has 1 aromatic heterocycles. The van der Waals surface area contributed by atoms with Gasteiger partial charge in [0.1, 0.15) is 5.82 Å². The third-order valence-electron chi connectivity index (χ3n) is 3.80. The lowest BCUT2D eigenvalue weighted by Crippen LogP contribution is -2.22. The van der Waals surface area contributed by atoms with Gasteiger partial charge in [0.15, 0.2) is 9.84 Å². The Morgan fingerprint density at radius 2 is 1.92 bits per heavy atom. The van der Waals surface area contributed by atoms with Crippen LogP contribution in [0.5, 0.6) is 0 Å². The van der Waals surface area contributed by atoms with Crippen molar-refractivity contribution in [1.82, 2.24) is 9.97 Å². The molecule has 1 atom stereocenters. The molecule has 1 saturated heterocycles. The highest BCUT2D eigenvalue weighted by molar-refractivity contribution is 7.91. The second kappa shape index (κ2) is 6.76. The largest absolute Gasteiger partial charge is 0.368 e. The fourth-order valence-electron chi connectivity index (χ4n) is 2.73. The van der Waals surface area contributed by atoms with Crippen LogP contribution in [0.1, 0.15) is 20.3 Å². The average molecular weight is 346 g/mol. The standard InChI is InChI=1S/C17H22N4O2S/c1-12(2)18-16-10-15(13-6-4-3-5-7-13)20-17(21-16)19-14-8-9-24(22,23)11-14/h3-7,10,12,14H,8-9,11H2,1-2H3,(H2,18,19,20,21). The van der Waals surface area contributed by atoms with Gasteiger partial charge in [-0.1, -0.05) is 30.3 Å². The molecule has 3 rings (SSSR count). The summed E-state index contributed by atoms with van der Waals surface area (Å²) in [4.78, 5) is 9.05. The second-order valence-corrected chi connectivity index (χ2v) is 8.60. The van der Waals surface area contributed by atoms with Crippen molar-refractivity contribution in [3.05, 3.63) is 36.4 Å². The Hall–Kier alpha value is -2.15. The molecular weight excluding hydrogens is 324 g/mol. The van der Waals surface area contributed by atoms with E-state index in [-0.39, 0.29) is 23.6 Å². The second-order valence-electron chi connectivity index (χ2n) is 6.37. The van der Waals surface area contributed by atoms with E-state index in [0.29, 0.717) is 12.4 Å². The molecule has 0 amide bonds. The Morgan fingerprint density at radius 1 is 1.17 bits per heavy atom. The van der Waals surface area contributed by atoms with Crippen LogP contribution in [0, 0.1) is 0 Å². The van der Waals surface area contributed by atoms with Gasteiger partial charge in [0, 0.05) is 23.7 Å². The van der Waals surface area contributed by atoms with Crippen molar-refractivity contribution in [2.24, 2.45) is 0 Å². The molecule has 128 valence electrons. The van der Waals surface area contributed by atoms with E-state index in [4.69, 9.17) is 0 Å². The first-order valence-corrected chi connectivity index (χ1v) is 9.91. The molecule has 2 aromatic rings. The maximum atomic E-state index is 11.6. The highest BCUT2D eigenvalue weighted by Crippen LogP contribution is 2.23. The van der Waals surface area contributed by atoms with Gasteiger partial charge >= 0.3 is 0 Å². The van der Waals surface area contributed by atoms with Crippen LogP contribution in [0.15, 0.2) is 36.4 Å². The minimum absolute atomic E-state index is 0.132. The summed E-state index contributed by atoms with van der Waals surface area (Å²) in [6.45, 7) is 4.09. The number of rotatable bonds is 5. The maximum absolute atomic E-state index is 11.6. The molecule has 1 fully saturated rings. The van der Waals surface area contributed by atoms with E-state index >= 15 is 0 Å². The molecule has 24 heavy (non-hydrogen) atoms. The molecule has 1 aromatic carbocycles. The van der Waals surface area contributed by atoms with Crippen LogP contribution in [0.25, 0.3) is 11.3 Å². The van der Waals surface area contributed by atoms with Crippen molar-refractivity contribution in [1.29, 1.82) is 0 Å². The minimum Gasteiger partial charge on any atom is -0.368 e. The van der Waals surface area contributed by atoms with Crippen LogP contribution in [0.3, 0.4) is 0 Å².